The summed E-state index contributed by atoms with van der Waals surface area (Å²) in [5.41, 5.74) is 1.93. The van der Waals surface area contributed by atoms with Crippen LogP contribution < -0.4 is 0 Å². The minimum Gasteiger partial charge on any atom is -0.120 e. The standard InChI is InChI=1S/C13H20/c1-5-6-11-7-9-12(10-8-11)13(2,3)4/h1,7,12H,6,8-10H2,2-4H3. The van der Waals surface area contributed by atoms with Crippen LogP contribution in [0.2, 0.25) is 0 Å². The van der Waals surface area contributed by atoms with Gasteiger partial charge in [-0.2, -0.15) is 0 Å². The van der Waals surface area contributed by atoms with Crippen LogP contribution >= 0.6 is 0 Å². The van der Waals surface area contributed by atoms with Crippen LogP contribution in [0.3, 0.4) is 0 Å². The highest BCUT2D eigenvalue weighted by Crippen LogP contribution is 2.37. The average molecular weight is 176 g/mol. The average Bonchev–Trinajstić information content (AvgIpc) is 2.04. The predicted octanol–water partition coefficient (Wildman–Crippen LogP) is 3.78. The van der Waals surface area contributed by atoms with E-state index in [1.54, 1.807) is 0 Å². The Balaban J connectivity index is 2.52. The molecule has 0 amide bonds. The lowest BCUT2D eigenvalue weighted by Crippen LogP contribution is -2.22. The summed E-state index contributed by atoms with van der Waals surface area (Å²) in [7, 11) is 0. The number of rotatable bonds is 1. The van der Waals surface area contributed by atoms with Gasteiger partial charge in [0.05, 0.1) is 0 Å². The van der Waals surface area contributed by atoms with Gasteiger partial charge in [0, 0.05) is 6.42 Å². The van der Waals surface area contributed by atoms with Crippen molar-refractivity contribution < 1.29 is 0 Å². The molecule has 0 fully saturated rings. The Morgan fingerprint density at radius 3 is 2.62 bits per heavy atom. The normalized spacial score (nSPS) is 23.5. The Labute approximate surface area is 82.4 Å². The van der Waals surface area contributed by atoms with Crippen LogP contribution in [0.15, 0.2) is 11.6 Å². The third-order valence-corrected chi connectivity index (χ3v) is 3.06. The lowest BCUT2D eigenvalue weighted by atomic mass is 9.73. The molecular formula is C13H20. The molecule has 0 radical (unpaired) electrons. The molecule has 1 aliphatic rings. The summed E-state index contributed by atoms with van der Waals surface area (Å²) in [6.45, 7) is 6.99. The first-order valence-electron chi connectivity index (χ1n) is 5.15. The molecule has 0 aromatic carbocycles. The minimum atomic E-state index is 0.457. The van der Waals surface area contributed by atoms with Crippen molar-refractivity contribution >= 4 is 0 Å². The summed E-state index contributed by atoms with van der Waals surface area (Å²) < 4.78 is 0. The summed E-state index contributed by atoms with van der Waals surface area (Å²) in [5, 5.41) is 0. The summed E-state index contributed by atoms with van der Waals surface area (Å²) in [4.78, 5) is 0. The zero-order chi connectivity index (χ0) is 9.90. The van der Waals surface area contributed by atoms with E-state index in [1.165, 1.54) is 24.8 Å². The van der Waals surface area contributed by atoms with Gasteiger partial charge in [0.2, 0.25) is 0 Å². The Morgan fingerprint density at radius 1 is 1.54 bits per heavy atom. The Hall–Kier alpha value is -0.700. The molecule has 0 bridgehead atoms. The number of allylic oxidation sites excluding steroid dienone is 2. The fraction of sp³-hybridized carbons (Fsp3) is 0.692. The molecule has 0 aromatic heterocycles. The monoisotopic (exact) mass is 176 g/mol. The molecular weight excluding hydrogens is 156 g/mol. The van der Waals surface area contributed by atoms with Gasteiger partial charge in [-0.1, -0.05) is 32.4 Å². The third-order valence-electron chi connectivity index (χ3n) is 3.06. The molecule has 0 spiro atoms. The van der Waals surface area contributed by atoms with Crippen LogP contribution in [-0.4, -0.2) is 0 Å². The summed E-state index contributed by atoms with van der Waals surface area (Å²) in [6.07, 6.45) is 12.3. The molecule has 1 atom stereocenters. The molecule has 0 heterocycles. The molecule has 0 aromatic rings. The molecule has 0 saturated heterocycles. The molecule has 1 unspecified atom stereocenters. The molecule has 13 heavy (non-hydrogen) atoms. The summed E-state index contributed by atoms with van der Waals surface area (Å²) >= 11 is 0. The largest absolute Gasteiger partial charge is 0.120 e. The van der Waals surface area contributed by atoms with Gasteiger partial charge in [-0.25, -0.2) is 0 Å². The van der Waals surface area contributed by atoms with E-state index in [1.807, 2.05) is 0 Å². The van der Waals surface area contributed by atoms with E-state index >= 15 is 0 Å². The van der Waals surface area contributed by atoms with E-state index in [9.17, 15) is 0 Å². The van der Waals surface area contributed by atoms with Crippen molar-refractivity contribution in [3.8, 4) is 12.3 Å². The summed E-state index contributed by atoms with van der Waals surface area (Å²) in [6, 6.07) is 0. The van der Waals surface area contributed by atoms with Crippen molar-refractivity contribution in [2.45, 2.75) is 46.5 Å². The van der Waals surface area contributed by atoms with Crippen LogP contribution in [0.4, 0.5) is 0 Å². The Morgan fingerprint density at radius 2 is 2.23 bits per heavy atom. The van der Waals surface area contributed by atoms with Crippen LogP contribution in [0.25, 0.3) is 0 Å². The molecule has 0 saturated carbocycles. The molecule has 72 valence electrons. The second-order valence-electron chi connectivity index (χ2n) is 5.08. The van der Waals surface area contributed by atoms with Gasteiger partial charge in [-0.3, -0.25) is 0 Å². The highest BCUT2D eigenvalue weighted by molar-refractivity contribution is 5.13. The molecule has 0 aliphatic heterocycles. The lowest BCUT2D eigenvalue weighted by molar-refractivity contribution is 0.220. The van der Waals surface area contributed by atoms with Crippen molar-refractivity contribution in [2.24, 2.45) is 11.3 Å². The molecule has 0 heteroatoms. The van der Waals surface area contributed by atoms with Crippen molar-refractivity contribution in [1.29, 1.82) is 0 Å². The van der Waals surface area contributed by atoms with Crippen LogP contribution in [-0.2, 0) is 0 Å². The second kappa shape index (κ2) is 4.01. The van der Waals surface area contributed by atoms with Gasteiger partial charge in [0.15, 0.2) is 0 Å². The van der Waals surface area contributed by atoms with E-state index in [2.05, 4.69) is 32.8 Å². The maximum Gasteiger partial charge on any atom is 0.0296 e. The number of terminal acetylenes is 1. The maximum atomic E-state index is 5.29. The quantitative estimate of drug-likeness (QED) is 0.421. The SMILES string of the molecule is C#CCC1=CCC(C(C)(C)C)CC1. The molecule has 1 aliphatic carbocycles. The zero-order valence-corrected chi connectivity index (χ0v) is 9.06. The third kappa shape index (κ3) is 2.92. The van der Waals surface area contributed by atoms with Crippen LogP contribution in [0, 0.1) is 23.7 Å². The van der Waals surface area contributed by atoms with Gasteiger partial charge in [-0.15, -0.1) is 12.3 Å². The van der Waals surface area contributed by atoms with Crippen molar-refractivity contribution in [3.05, 3.63) is 11.6 Å². The lowest BCUT2D eigenvalue weighted by Gasteiger charge is -2.33. The van der Waals surface area contributed by atoms with Gasteiger partial charge < -0.3 is 0 Å². The molecule has 0 N–H and O–H groups in total. The van der Waals surface area contributed by atoms with E-state index in [-0.39, 0.29) is 0 Å². The first-order valence-corrected chi connectivity index (χ1v) is 5.15. The fourth-order valence-electron chi connectivity index (χ4n) is 1.97. The van der Waals surface area contributed by atoms with Crippen molar-refractivity contribution in [2.75, 3.05) is 0 Å². The second-order valence-corrected chi connectivity index (χ2v) is 5.08. The van der Waals surface area contributed by atoms with Crippen LogP contribution in [0.5, 0.6) is 0 Å². The predicted molar refractivity (Wildman–Crippen MR) is 58.3 cm³/mol. The molecule has 1 rings (SSSR count). The first-order chi connectivity index (χ1) is 6.04. The smallest absolute Gasteiger partial charge is 0.0296 e. The van der Waals surface area contributed by atoms with Gasteiger partial charge in [0.1, 0.15) is 0 Å². The topological polar surface area (TPSA) is 0 Å². The Kier molecular flexibility index (Phi) is 3.20. The van der Waals surface area contributed by atoms with Gasteiger partial charge in [-0.05, 0) is 30.6 Å². The van der Waals surface area contributed by atoms with Gasteiger partial charge >= 0.3 is 0 Å². The van der Waals surface area contributed by atoms with E-state index in [0.29, 0.717) is 5.41 Å². The number of hydrogen-bond acceptors (Lipinski definition) is 0. The fourth-order valence-corrected chi connectivity index (χ4v) is 1.97. The van der Waals surface area contributed by atoms with E-state index in [4.69, 9.17) is 6.42 Å². The zero-order valence-electron chi connectivity index (χ0n) is 9.06. The Bertz CT molecular complexity index is 232. The van der Waals surface area contributed by atoms with Crippen molar-refractivity contribution in [3.63, 3.8) is 0 Å². The highest BCUT2D eigenvalue weighted by atomic mass is 14.3. The molecule has 0 nitrogen and oxygen atoms in total. The maximum absolute atomic E-state index is 5.29. The van der Waals surface area contributed by atoms with Gasteiger partial charge in [0.25, 0.3) is 0 Å². The summed E-state index contributed by atoms with van der Waals surface area (Å²) in [5.74, 6) is 3.56. The van der Waals surface area contributed by atoms with E-state index in [0.717, 1.165) is 12.3 Å². The van der Waals surface area contributed by atoms with E-state index < -0.39 is 0 Å². The first kappa shape index (κ1) is 10.4. The van der Waals surface area contributed by atoms with Crippen molar-refractivity contribution in [1.82, 2.24) is 0 Å². The van der Waals surface area contributed by atoms with Crippen LogP contribution in [0.1, 0.15) is 46.5 Å². The number of hydrogen-bond donors (Lipinski definition) is 0. The highest BCUT2D eigenvalue weighted by Gasteiger charge is 2.25. The minimum absolute atomic E-state index is 0.457.